The molecule has 4 nitrogen and oxygen atoms in total. The first-order valence-electron chi connectivity index (χ1n) is 9.47. The summed E-state index contributed by atoms with van der Waals surface area (Å²) in [7, 11) is 1.85. The quantitative estimate of drug-likeness (QED) is 0.550. The molecule has 28 heavy (non-hydrogen) atoms. The molecule has 0 radical (unpaired) electrons. The highest BCUT2D eigenvalue weighted by molar-refractivity contribution is 6.16. The Balaban J connectivity index is 1.92. The van der Waals surface area contributed by atoms with Crippen molar-refractivity contribution in [3.05, 3.63) is 106 Å². The lowest BCUT2D eigenvalue weighted by Gasteiger charge is -2.23. The third-order valence-electron chi connectivity index (χ3n) is 5.13. The van der Waals surface area contributed by atoms with Crippen molar-refractivity contribution in [1.29, 1.82) is 0 Å². The van der Waals surface area contributed by atoms with Gasteiger partial charge in [-0.05, 0) is 42.7 Å². The molecule has 1 N–H and O–H groups in total. The fourth-order valence-corrected chi connectivity index (χ4v) is 3.70. The highest BCUT2D eigenvalue weighted by Crippen LogP contribution is 2.24. The Labute approximate surface area is 165 Å². The van der Waals surface area contributed by atoms with Gasteiger partial charge in [0.05, 0.1) is 16.9 Å². The second kappa shape index (κ2) is 7.73. The minimum Gasteiger partial charge on any atom is -0.434 e. The minimum atomic E-state index is -0.119. The van der Waals surface area contributed by atoms with Gasteiger partial charge in [-0.2, -0.15) is 0 Å². The largest absolute Gasteiger partial charge is 0.434 e. The molecule has 4 rings (SSSR count). The second-order valence-corrected chi connectivity index (χ2v) is 6.93. The van der Waals surface area contributed by atoms with Crippen LogP contribution in [0.2, 0.25) is 0 Å². The molecule has 0 saturated carbocycles. The lowest BCUT2D eigenvalue weighted by Crippen LogP contribution is -2.30. The van der Waals surface area contributed by atoms with Crippen LogP contribution in [-0.4, -0.2) is 17.5 Å². The first kappa shape index (κ1) is 18.0. The summed E-state index contributed by atoms with van der Waals surface area (Å²) in [6, 6.07) is 26.1. The van der Waals surface area contributed by atoms with Crippen molar-refractivity contribution in [1.82, 2.24) is 9.55 Å². The Bertz CT molecular complexity index is 1160. The first-order valence-corrected chi connectivity index (χ1v) is 9.47. The fraction of sp³-hybridized carbons (Fsp3) is 0.130. The molecule has 138 valence electrons. The molecule has 3 aromatic carbocycles. The molecule has 4 aromatic rings. The van der Waals surface area contributed by atoms with Gasteiger partial charge in [0.2, 0.25) is 7.98 Å². The Morgan fingerprint density at radius 3 is 2.36 bits per heavy atom. The molecule has 0 aliphatic rings. The molecule has 0 fully saturated rings. The van der Waals surface area contributed by atoms with E-state index in [1.165, 1.54) is 5.56 Å². The number of anilines is 1. The maximum atomic E-state index is 13.5. The standard InChI is InChI=1S/C23H22BN3O/c1-16-25-21-13-12-19(26-24)15-20(21)23(28)27(16)22(18-10-6-3-7-11-18)14-17-8-4-2-5-9-17/h2-13,15,22,26H,14,24H2,1H3. The van der Waals surface area contributed by atoms with E-state index in [4.69, 9.17) is 4.98 Å². The molecular formula is C23H22BN3O. The van der Waals surface area contributed by atoms with Gasteiger partial charge in [-0.15, -0.1) is 0 Å². The summed E-state index contributed by atoms with van der Waals surface area (Å²) in [5.41, 5.74) is 3.91. The van der Waals surface area contributed by atoms with E-state index in [0.29, 0.717) is 5.39 Å². The fourth-order valence-electron chi connectivity index (χ4n) is 3.70. The van der Waals surface area contributed by atoms with Crippen LogP contribution in [0.3, 0.4) is 0 Å². The van der Waals surface area contributed by atoms with Crippen LogP contribution in [0, 0.1) is 6.92 Å². The predicted octanol–water partition coefficient (Wildman–Crippen LogP) is 3.50. The van der Waals surface area contributed by atoms with Crippen molar-refractivity contribution in [3.8, 4) is 0 Å². The Morgan fingerprint density at radius 1 is 1.00 bits per heavy atom. The van der Waals surface area contributed by atoms with Crippen LogP contribution in [0.15, 0.2) is 83.7 Å². The maximum Gasteiger partial charge on any atom is 0.262 e. The van der Waals surface area contributed by atoms with Gasteiger partial charge in [-0.1, -0.05) is 60.7 Å². The first-order chi connectivity index (χ1) is 13.7. The molecule has 5 heteroatoms. The number of aryl methyl sites for hydroxylation is 1. The van der Waals surface area contributed by atoms with E-state index in [0.717, 1.165) is 29.0 Å². The second-order valence-electron chi connectivity index (χ2n) is 6.93. The topological polar surface area (TPSA) is 46.9 Å². The van der Waals surface area contributed by atoms with Gasteiger partial charge >= 0.3 is 0 Å². The average molecular weight is 367 g/mol. The van der Waals surface area contributed by atoms with Crippen molar-refractivity contribution in [2.24, 2.45) is 0 Å². The number of nitrogens with one attached hydrogen (secondary N) is 1. The lowest BCUT2D eigenvalue weighted by molar-refractivity contribution is 0.541. The van der Waals surface area contributed by atoms with Crippen molar-refractivity contribution < 1.29 is 0 Å². The summed E-state index contributed by atoms with van der Waals surface area (Å²) in [6.45, 7) is 1.91. The molecular weight excluding hydrogens is 345 g/mol. The third-order valence-corrected chi connectivity index (χ3v) is 5.13. The highest BCUT2D eigenvalue weighted by Gasteiger charge is 2.20. The zero-order chi connectivity index (χ0) is 19.5. The summed E-state index contributed by atoms with van der Waals surface area (Å²) in [5.74, 6) is 0.722. The van der Waals surface area contributed by atoms with Crippen LogP contribution >= 0.6 is 0 Å². The molecule has 1 unspecified atom stereocenters. The third kappa shape index (κ3) is 3.43. The minimum absolute atomic E-state index is 0.00983. The number of nitrogens with zero attached hydrogens (tertiary/aromatic N) is 2. The van der Waals surface area contributed by atoms with Crippen LogP contribution in [-0.2, 0) is 6.42 Å². The van der Waals surface area contributed by atoms with E-state index >= 15 is 0 Å². The Hall–Kier alpha value is -3.34. The number of rotatable bonds is 5. The van der Waals surface area contributed by atoms with E-state index in [1.54, 1.807) is 0 Å². The molecule has 0 aliphatic carbocycles. The lowest BCUT2D eigenvalue weighted by atomic mass is 9.98. The Morgan fingerprint density at radius 2 is 1.68 bits per heavy atom. The molecule has 0 spiro atoms. The summed E-state index contributed by atoms with van der Waals surface area (Å²) < 4.78 is 1.84. The molecule has 0 saturated heterocycles. The average Bonchev–Trinajstić information content (AvgIpc) is 2.74. The summed E-state index contributed by atoms with van der Waals surface area (Å²) in [5, 5.41) is 3.74. The monoisotopic (exact) mass is 367 g/mol. The number of hydrogen-bond donors (Lipinski definition) is 1. The smallest absolute Gasteiger partial charge is 0.262 e. The molecule has 0 bridgehead atoms. The van der Waals surface area contributed by atoms with Gasteiger partial charge in [-0.3, -0.25) is 9.36 Å². The zero-order valence-corrected chi connectivity index (χ0v) is 16.1. The number of aromatic nitrogens is 2. The number of hydrogen-bond acceptors (Lipinski definition) is 3. The summed E-state index contributed by atoms with van der Waals surface area (Å²) >= 11 is 0. The zero-order valence-electron chi connectivity index (χ0n) is 16.1. The van der Waals surface area contributed by atoms with Crippen molar-refractivity contribution in [2.75, 3.05) is 5.23 Å². The van der Waals surface area contributed by atoms with Crippen molar-refractivity contribution >= 4 is 24.6 Å². The Kier molecular flexibility index (Phi) is 4.98. The molecule has 1 heterocycles. The van der Waals surface area contributed by atoms with Gasteiger partial charge in [-0.25, -0.2) is 4.98 Å². The van der Waals surface area contributed by atoms with Gasteiger partial charge in [0.1, 0.15) is 5.82 Å². The SMILES string of the molecule is BNc1ccc2nc(C)n(C(Cc3ccccc3)c3ccccc3)c(=O)c2c1. The van der Waals surface area contributed by atoms with E-state index in [2.05, 4.69) is 29.5 Å². The summed E-state index contributed by atoms with van der Waals surface area (Å²) in [4.78, 5) is 18.3. The molecule has 1 aromatic heterocycles. The van der Waals surface area contributed by atoms with E-state index in [-0.39, 0.29) is 11.6 Å². The number of fused-ring (bicyclic) bond motifs is 1. The highest BCUT2D eigenvalue weighted by atomic mass is 16.1. The van der Waals surface area contributed by atoms with E-state index in [1.807, 2.05) is 74.1 Å². The van der Waals surface area contributed by atoms with Crippen molar-refractivity contribution in [3.63, 3.8) is 0 Å². The normalized spacial score (nSPS) is 12.0. The van der Waals surface area contributed by atoms with Crippen LogP contribution < -0.4 is 10.8 Å². The van der Waals surface area contributed by atoms with Crippen LogP contribution in [0.25, 0.3) is 10.9 Å². The predicted molar refractivity (Wildman–Crippen MR) is 118 cm³/mol. The van der Waals surface area contributed by atoms with Crippen LogP contribution in [0.5, 0.6) is 0 Å². The van der Waals surface area contributed by atoms with Crippen LogP contribution in [0.1, 0.15) is 23.0 Å². The molecule has 0 amide bonds. The summed E-state index contributed by atoms with van der Waals surface area (Å²) in [6.07, 6.45) is 0.727. The molecule has 1 atom stereocenters. The van der Waals surface area contributed by atoms with E-state index < -0.39 is 0 Å². The van der Waals surface area contributed by atoms with Crippen molar-refractivity contribution in [2.45, 2.75) is 19.4 Å². The van der Waals surface area contributed by atoms with Gasteiger partial charge in [0.25, 0.3) is 5.56 Å². The van der Waals surface area contributed by atoms with Gasteiger partial charge in [0, 0.05) is 5.69 Å². The molecule has 0 aliphatic heterocycles. The van der Waals surface area contributed by atoms with E-state index in [9.17, 15) is 4.79 Å². The van der Waals surface area contributed by atoms with Gasteiger partial charge < -0.3 is 5.23 Å². The van der Waals surface area contributed by atoms with Crippen LogP contribution in [0.4, 0.5) is 5.69 Å². The van der Waals surface area contributed by atoms with Gasteiger partial charge in [0.15, 0.2) is 0 Å². The number of benzene rings is 3. The maximum absolute atomic E-state index is 13.5.